The maximum Gasteiger partial charge on any atom is 0.287 e. The predicted molar refractivity (Wildman–Crippen MR) is 118 cm³/mol. The topological polar surface area (TPSA) is 89.3 Å². The molecular weight excluding hydrogens is 412 g/mol. The van der Waals surface area contributed by atoms with E-state index in [1.807, 2.05) is 19.9 Å². The summed E-state index contributed by atoms with van der Waals surface area (Å²) in [6.45, 7) is 4.30. The van der Waals surface area contributed by atoms with Gasteiger partial charge in [-0.15, -0.1) is 0 Å². The van der Waals surface area contributed by atoms with Crippen LogP contribution in [0.2, 0.25) is 0 Å². The van der Waals surface area contributed by atoms with Crippen molar-refractivity contribution in [3.8, 4) is 0 Å². The fourth-order valence-electron chi connectivity index (χ4n) is 3.23. The number of nitrogens with one attached hydrogen (secondary N) is 1. The molecule has 0 radical (unpaired) electrons. The number of benzene rings is 2. The van der Waals surface area contributed by atoms with Crippen molar-refractivity contribution in [3.63, 3.8) is 0 Å². The van der Waals surface area contributed by atoms with Crippen LogP contribution in [-0.2, 0) is 16.4 Å². The maximum absolute atomic E-state index is 13.0. The van der Waals surface area contributed by atoms with E-state index < -0.39 is 9.84 Å². The van der Waals surface area contributed by atoms with Gasteiger partial charge in [0.1, 0.15) is 0 Å². The highest BCUT2D eigenvalue weighted by Gasteiger charge is 2.18. The van der Waals surface area contributed by atoms with Crippen molar-refractivity contribution >= 4 is 26.7 Å². The van der Waals surface area contributed by atoms with E-state index in [0.717, 1.165) is 16.5 Å². The summed E-state index contributed by atoms with van der Waals surface area (Å²) in [5.41, 5.74) is 2.30. The van der Waals surface area contributed by atoms with Crippen LogP contribution < -0.4 is 5.32 Å². The van der Waals surface area contributed by atoms with Gasteiger partial charge in [0.15, 0.2) is 11.3 Å². The number of nitrogens with zero attached hydrogens (tertiary/aromatic N) is 1. The first-order valence-electron chi connectivity index (χ1n) is 9.90. The molecule has 2 heterocycles. The summed E-state index contributed by atoms with van der Waals surface area (Å²) in [4.78, 5) is 16.8. The SMILES string of the molecule is CC(C)c1cccc(S(=O)(=O)c2ccc(CNC(=O)c3cc4ccncc4o3)cc2)c1. The van der Waals surface area contributed by atoms with Crippen LogP contribution >= 0.6 is 0 Å². The number of fused-ring (bicyclic) bond motifs is 1. The lowest BCUT2D eigenvalue weighted by atomic mass is 10.0. The van der Waals surface area contributed by atoms with Gasteiger partial charge in [-0.3, -0.25) is 9.78 Å². The van der Waals surface area contributed by atoms with Gasteiger partial charge in [0.25, 0.3) is 5.91 Å². The highest BCUT2D eigenvalue weighted by Crippen LogP contribution is 2.25. The molecule has 4 rings (SSSR count). The van der Waals surface area contributed by atoms with Crippen molar-refractivity contribution in [1.29, 1.82) is 0 Å². The van der Waals surface area contributed by atoms with E-state index in [0.29, 0.717) is 5.58 Å². The lowest BCUT2D eigenvalue weighted by Crippen LogP contribution is -2.22. The third kappa shape index (κ3) is 4.36. The minimum atomic E-state index is -3.61. The second-order valence-electron chi connectivity index (χ2n) is 7.58. The van der Waals surface area contributed by atoms with Gasteiger partial charge >= 0.3 is 0 Å². The number of carbonyl (C=O) groups is 1. The van der Waals surface area contributed by atoms with Crippen molar-refractivity contribution in [1.82, 2.24) is 10.3 Å². The molecule has 4 aromatic rings. The number of furan rings is 1. The number of pyridine rings is 1. The van der Waals surface area contributed by atoms with Gasteiger partial charge in [0.2, 0.25) is 9.84 Å². The first kappa shape index (κ1) is 20.8. The van der Waals surface area contributed by atoms with Crippen molar-refractivity contribution in [2.75, 3.05) is 0 Å². The van der Waals surface area contributed by atoms with Crippen LogP contribution in [-0.4, -0.2) is 19.3 Å². The van der Waals surface area contributed by atoms with Crippen molar-refractivity contribution in [2.45, 2.75) is 36.1 Å². The molecule has 6 nitrogen and oxygen atoms in total. The predicted octanol–water partition coefficient (Wildman–Crippen LogP) is 4.71. The summed E-state index contributed by atoms with van der Waals surface area (Å²) in [6.07, 6.45) is 3.19. The number of hydrogen-bond donors (Lipinski definition) is 1. The number of hydrogen-bond acceptors (Lipinski definition) is 5. The molecule has 0 saturated carbocycles. The molecule has 0 bridgehead atoms. The van der Waals surface area contributed by atoms with Gasteiger partial charge in [0, 0.05) is 18.1 Å². The van der Waals surface area contributed by atoms with E-state index in [9.17, 15) is 13.2 Å². The molecular formula is C24H22N2O4S. The number of carbonyl (C=O) groups excluding carboxylic acids is 1. The van der Waals surface area contributed by atoms with Gasteiger partial charge in [-0.25, -0.2) is 8.42 Å². The molecule has 0 aliphatic carbocycles. The first-order chi connectivity index (χ1) is 14.8. The first-order valence-corrected chi connectivity index (χ1v) is 11.4. The van der Waals surface area contributed by atoms with Crippen LogP contribution in [0.4, 0.5) is 0 Å². The van der Waals surface area contributed by atoms with Crippen LogP contribution in [0.5, 0.6) is 0 Å². The largest absolute Gasteiger partial charge is 0.449 e. The molecule has 0 spiro atoms. The normalized spacial score (nSPS) is 11.7. The van der Waals surface area contributed by atoms with Crippen LogP contribution in [0.25, 0.3) is 11.0 Å². The standard InChI is InChI=1S/C24H22N2O4S/c1-16(2)18-4-3-5-21(12-18)31(28,29)20-8-6-17(7-9-20)14-26-24(27)22-13-19-10-11-25-15-23(19)30-22/h3-13,15-16H,14H2,1-2H3,(H,26,27). The second kappa shape index (κ2) is 8.35. The summed E-state index contributed by atoms with van der Waals surface area (Å²) in [7, 11) is -3.61. The molecule has 2 aromatic heterocycles. The lowest BCUT2D eigenvalue weighted by molar-refractivity contribution is 0.0925. The highest BCUT2D eigenvalue weighted by molar-refractivity contribution is 7.91. The molecule has 2 aromatic carbocycles. The Labute approximate surface area is 180 Å². The fraction of sp³-hybridized carbons (Fsp3) is 0.167. The Bertz CT molecular complexity index is 1310. The minimum absolute atomic E-state index is 0.201. The molecule has 0 unspecified atom stereocenters. The third-order valence-corrected chi connectivity index (χ3v) is 6.84. The zero-order valence-corrected chi connectivity index (χ0v) is 18.0. The lowest BCUT2D eigenvalue weighted by Gasteiger charge is -2.10. The van der Waals surface area contributed by atoms with E-state index in [2.05, 4.69) is 10.3 Å². The summed E-state index contributed by atoms with van der Waals surface area (Å²) >= 11 is 0. The van der Waals surface area contributed by atoms with Gasteiger partial charge in [0.05, 0.1) is 16.0 Å². The van der Waals surface area contributed by atoms with Gasteiger partial charge < -0.3 is 9.73 Å². The van der Waals surface area contributed by atoms with Crippen LogP contribution in [0.1, 0.15) is 41.4 Å². The molecule has 0 aliphatic heterocycles. The average molecular weight is 435 g/mol. The van der Waals surface area contributed by atoms with E-state index in [1.165, 1.54) is 0 Å². The quantitative estimate of drug-likeness (QED) is 0.475. The number of amides is 1. The molecule has 0 atom stereocenters. The molecule has 7 heteroatoms. The molecule has 158 valence electrons. The van der Waals surface area contributed by atoms with Crippen LogP contribution in [0.15, 0.2) is 87.3 Å². The van der Waals surface area contributed by atoms with Gasteiger partial charge in [-0.1, -0.05) is 38.1 Å². The van der Waals surface area contributed by atoms with E-state index in [1.54, 1.807) is 67.0 Å². The Morgan fingerprint density at radius 2 is 1.81 bits per heavy atom. The van der Waals surface area contributed by atoms with Crippen molar-refractivity contribution in [3.05, 3.63) is 89.9 Å². The maximum atomic E-state index is 13.0. The Hall–Kier alpha value is -3.45. The van der Waals surface area contributed by atoms with E-state index in [-0.39, 0.29) is 33.9 Å². The van der Waals surface area contributed by atoms with Crippen LogP contribution in [0, 0.1) is 0 Å². The average Bonchev–Trinajstić information content (AvgIpc) is 3.22. The zero-order chi connectivity index (χ0) is 22.0. The van der Waals surface area contributed by atoms with Crippen LogP contribution in [0.3, 0.4) is 0 Å². The Kier molecular flexibility index (Phi) is 5.61. The summed E-state index contributed by atoms with van der Waals surface area (Å²) in [6, 6.07) is 17.0. The zero-order valence-electron chi connectivity index (χ0n) is 17.2. The molecule has 1 N–H and O–H groups in total. The van der Waals surface area contributed by atoms with Crippen molar-refractivity contribution in [2.24, 2.45) is 0 Å². The smallest absolute Gasteiger partial charge is 0.287 e. The molecule has 0 fully saturated rings. The van der Waals surface area contributed by atoms with Crippen molar-refractivity contribution < 1.29 is 17.6 Å². The third-order valence-electron chi connectivity index (χ3n) is 5.07. The molecule has 1 amide bonds. The molecule has 0 aliphatic rings. The number of aromatic nitrogens is 1. The molecule has 31 heavy (non-hydrogen) atoms. The summed E-state index contributed by atoms with van der Waals surface area (Å²) in [5, 5.41) is 3.59. The summed E-state index contributed by atoms with van der Waals surface area (Å²) in [5.74, 6) is 0.0924. The fourth-order valence-corrected chi connectivity index (χ4v) is 4.54. The number of rotatable bonds is 6. The van der Waals surface area contributed by atoms with Gasteiger partial charge in [-0.2, -0.15) is 0 Å². The van der Waals surface area contributed by atoms with E-state index >= 15 is 0 Å². The number of sulfone groups is 1. The monoisotopic (exact) mass is 434 g/mol. The second-order valence-corrected chi connectivity index (χ2v) is 9.53. The Morgan fingerprint density at radius 1 is 1.03 bits per heavy atom. The summed E-state index contributed by atoms with van der Waals surface area (Å²) < 4.78 is 31.4. The minimum Gasteiger partial charge on any atom is -0.449 e. The Balaban J connectivity index is 1.46. The Morgan fingerprint density at radius 3 is 2.52 bits per heavy atom. The highest BCUT2D eigenvalue weighted by atomic mass is 32.2. The van der Waals surface area contributed by atoms with E-state index in [4.69, 9.17) is 4.42 Å². The molecule has 0 saturated heterocycles. The van der Waals surface area contributed by atoms with Gasteiger partial charge in [-0.05, 0) is 53.4 Å².